The summed E-state index contributed by atoms with van der Waals surface area (Å²) in [6.07, 6.45) is 2.73. The largest absolute Gasteiger partial charge is 0.493 e. The molecule has 2 heterocycles. The maximum atomic E-state index is 12.8. The van der Waals surface area contributed by atoms with E-state index in [1.165, 1.54) is 25.6 Å². The number of rotatable bonds is 5. The van der Waals surface area contributed by atoms with E-state index in [4.69, 9.17) is 37.1 Å². The fourth-order valence-corrected chi connectivity index (χ4v) is 2.93. The van der Waals surface area contributed by atoms with Crippen LogP contribution in [-0.2, 0) is 4.74 Å². The van der Waals surface area contributed by atoms with E-state index in [0.29, 0.717) is 11.1 Å². The normalized spacial score (nSPS) is 10.7. The zero-order chi connectivity index (χ0) is 19.6. The van der Waals surface area contributed by atoms with Crippen molar-refractivity contribution in [2.24, 2.45) is 0 Å². The molecule has 0 saturated carbocycles. The van der Waals surface area contributed by atoms with Crippen LogP contribution >= 0.6 is 23.2 Å². The number of hydrogen-bond acceptors (Lipinski definition) is 6. The van der Waals surface area contributed by atoms with Gasteiger partial charge in [0, 0.05) is 23.8 Å². The Labute approximate surface area is 164 Å². The second-order valence-electron chi connectivity index (χ2n) is 5.32. The first-order chi connectivity index (χ1) is 13.0. The zero-order valence-electron chi connectivity index (χ0n) is 14.3. The molecule has 1 amide bonds. The Kier molecular flexibility index (Phi) is 5.53. The Hall–Kier alpha value is -2.77. The third-order valence-corrected chi connectivity index (χ3v) is 4.25. The lowest BCUT2D eigenvalue weighted by Crippen LogP contribution is -2.13. The van der Waals surface area contributed by atoms with Crippen LogP contribution in [0.15, 0.2) is 35.0 Å². The van der Waals surface area contributed by atoms with E-state index in [1.807, 2.05) is 0 Å². The summed E-state index contributed by atoms with van der Waals surface area (Å²) >= 11 is 12.1. The van der Waals surface area contributed by atoms with Gasteiger partial charge in [-0.25, -0.2) is 4.79 Å². The number of amides is 1. The van der Waals surface area contributed by atoms with Crippen molar-refractivity contribution in [3.8, 4) is 5.75 Å². The molecule has 27 heavy (non-hydrogen) atoms. The van der Waals surface area contributed by atoms with E-state index in [0.717, 1.165) is 0 Å². The molecule has 0 aliphatic heterocycles. The van der Waals surface area contributed by atoms with Gasteiger partial charge in [0.15, 0.2) is 11.3 Å². The molecule has 2 aromatic heterocycles. The monoisotopic (exact) mass is 408 g/mol. The molecule has 0 atom stereocenters. The van der Waals surface area contributed by atoms with Gasteiger partial charge >= 0.3 is 5.97 Å². The van der Waals surface area contributed by atoms with Crippen LogP contribution in [0.4, 0.5) is 5.69 Å². The second-order valence-corrected chi connectivity index (χ2v) is 6.14. The number of pyridine rings is 1. The number of methoxy groups -OCH3 is 1. The minimum Gasteiger partial charge on any atom is -0.493 e. The first-order valence-electron chi connectivity index (χ1n) is 7.84. The Balaban J connectivity index is 2.05. The smallest absolute Gasteiger partial charge is 0.374 e. The quantitative estimate of drug-likeness (QED) is 0.621. The molecule has 3 aromatic rings. The van der Waals surface area contributed by atoms with Crippen LogP contribution in [0, 0.1) is 0 Å². The van der Waals surface area contributed by atoms with Gasteiger partial charge in [0.2, 0.25) is 5.76 Å². The van der Waals surface area contributed by atoms with E-state index in [9.17, 15) is 9.59 Å². The number of furan rings is 1. The molecule has 0 radical (unpaired) electrons. The first-order valence-corrected chi connectivity index (χ1v) is 8.59. The maximum absolute atomic E-state index is 12.8. The summed E-state index contributed by atoms with van der Waals surface area (Å²) in [5.74, 6) is -0.793. The van der Waals surface area contributed by atoms with Gasteiger partial charge in [-0.15, -0.1) is 0 Å². The predicted molar refractivity (Wildman–Crippen MR) is 101 cm³/mol. The molecule has 0 bridgehead atoms. The van der Waals surface area contributed by atoms with Gasteiger partial charge in [0.05, 0.1) is 35.0 Å². The highest BCUT2D eigenvalue weighted by Gasteiger charge is 2.22. The van der Waals surface area contributed by atoms with Gasteiger partial charge in [0.1, 0.15) is 0 Å². The highest BCUT2D eigenvalue weighted by molar-refractivity contribution is 6.39. The average molecular weight is 409 g/mol. The van der Waals surface area contributed by atoms with E-state index < -0.39 is 11.9 Å². The van der Waals surface area contributed by atoms with Gasteiger partial charge in [-0.1, -0.05) is 23.2 Å². The lowest BCUT2D eigenvalue weighted by Gasteiger charge is -2.10. The Morgan fingerprint density at radius 2 is 1.93 bits per heavy atom. The number of ether oxygens (including phenoxy) is 2. The highest BCUT2D eigenvalue weighted by atomic mass is 35.5. The molecular weight excluding hydrogens is 395 g/mol. The SMILES string of the molecule is CCOC(=O)c1cc2c(C(=O)Nc3c(Cl)cncc3Cl)ccc(OC)c2o1. The first kappa shape index (κ1) is 19.0. The predicted octanol–water partition coefficient (Wildman–Crippen LogP) is 4.57. The summed E-state index contributed by atoms with van der Waals surface area (Å²) in [4.78, 5) is 28.6. The third-order valence-electron chi connectivity index (χ3n) is 3.68. The fourth-order valence-electron chi connectivity index (χ4n) is 2.47. The van der Waals surface area contributed by atoms with Crippen molar-refractivity contribution in [3.63, 3.8) is 0 Å². The number of anilines is 1. The number of carbonyl (C=O) groups excluding carboxylic acids is 2. The molecule has 0 spiro atoms. The number of benzene rings is 1. The molecule has 3 rings (SSSR count). The molecule has 0 fully saturated rings. The standard InChI is InChI=1S/C18H14Cl2N2O5/c1-3-26-18(24)14-6-10-9(4-5-13(25-2)16(10)27-14)17(23)22-15-11(19)7-21-8-12(15)20/h4-8H,3H2,1-2H3,(H,21,22,23). The molecule has 1 N–H and O–H groups in total. The topological polar surface area (TPSA) is 90.7 Å². The van der Waals surface area contributed by atoms with Crippen LogP contribution in [-0.4, -0.2) is 30.6 Å². The summed E-state index contributed by atoms with van der Waals surface area (Å²) in [6.45, 7) is 1.88. The lowest BCUT2D eigenvalue weighted by atomic mass is 10.1. The number of nitrogens with zero attached hydrogens (tertiary/aromatic N) is 1. The molecule has 7 nitrogen and oxygen atoms in total. The van der Waals surface area contributed by atoms with Gasteiger partial charge in [0.25, 0.3) is 5.91 Å². The molecule has 9 heteroatoms. The Morgan fingerprint density at radius 1 is 1.22 bits per heavy atom. The number of nitrogens with one attached hydrogen (secondary N) is 1. The van der Waals surface area contributed by atoms with Gasteiger partial charge in [-0.2, -0.15) is 0 Å². The maximum Gasteiger partial charge on any atom is 0.374 e. The number of halogens is 2. The molecule has 0 saturated heterocycles. The Bertz CT molecular complexity index is 1010. The number of aromatic nitrogens is 1. The van der Waals surface area contributed by atoms with Crippen molar-refractivity contribution < 1.29 is 23.5 Å². The van der Waals surface area contributed by atoms with Crippen LogP contribution in [0.2, 0.25) is 10.0 Å². The fraction of sp³-hybridized carbons (Fsp3) is 0.167. The molecule has 0 aliphatic rings. The lowest BCUT2D eigenvalue weighted by molar-refractivity contribution is 0.0492. The van der Waals surface area contributed by atoms with Crippen molar-refractivity contribution in [1.29, 1.82) is 0 Å². The van der Waals surface area contributed by atoms with Crippen molar-refractivity contribution in [3.05, 3.63) is 52.0 Å². The summed E-state index contributed by atoms with van der Waals surface area (Å²) in [5, 5.41) is 3.42. The summed E-state index contributed by atoms with van der Waals surface area (Å²) in [7, 11) is 1.46. The van der Waals surface area contributed by atoms with Crippen molar-refractivity contribution >= 4 is 51.7 Å². The molecular formula is C18H14Cl2N2O5. The minimum atomic E-state index is -0.637. The molecule has 0 unspecified atom stereocenters. The summed E-state index contributed by atoms with van der Waals surface area (Å²) in [6, 6.07) is 4.54. The van der Waals surface area contributed by atoms with Crippen LogP contribution in [0.3, 0.4) is 0 Å². The third kappa shape index (κ3) is 3.70. The van der Waals surface area contributed by atoms with Crippen LogP contribution in [0.5, 0.6) is 5.75 Å². The minimum absolute atomic E-state index is 0.0367. The van der Waals surface area contributed by atoms with Crippen LogP contribution < -0.4 is 10.1 Å². The van der Waals surface area contributed by atoms with Gasteiger partial charge in [-0.05, 0) is 19.1 Å². The summed E-state index contributed by atoms with van der Waals surface area (Å²) < 4.78 is 15.7. The van der Waals surface area contributed by atoms with E-state index in [2.05, 4.69) is 10.3 Å². The number of esters is 1. The molecule has 0 aliphatic carbocycles. The molecule has 140 valence electrons. The van der Waals surface area contributed by atoms with Crippen molar-refractivity contribution in [2.75, 3.05) is 19.0 Å². The van der Waals surface area contributed by atoms with Crippen molar-refractivity contribution in [1.82, 2.24) is 4.98 Å². The average Bonchev–Trinajstić information content (AvgIpc) is 3.09. The van der Waals surface area contributed by atoms with E-state index >= 15 is 0 Å². The van der Waals surface area contributed by atoms with Gasteiger partial charge < -0.3 is 19.2 Å². The van der Waals surface area contributed by atoms with Crippen molar-refractivity contribution in [2.45, 2.75) is 6.92 Å². The second kappa shape index (κ2) is 7.85. The number of hydrogen-bond donors (Lipinski definition) is 1. The molecule has 1 aromatic carbocycles. The van der Waals surface area contributed by atoms with Crippen LogP contribution in [0.1, 0.15) is 27.8 Å². The van der Waals surface area contributed by atoms with E-state index in [1.54, 1.807) is 19.1 Å². The van der Waals surface area contributed by atoms with Crippen LogP contribution in [0.25, 0.3) is 11.0 Å². The zero-order valence-corrected chi connectivity index (χ0v) is 15.9. The Morgan fingerprint density at radius 3 is 2.56 bits per heavy atom. The number of fused-ring (bicyclic) bond motifs is 1. The highest BCUT2D eigenvalue weighted by Crippen LogP contribution is 2.34. The van der Waals surface area contributed by atoms with Gasteiger partial charge in [-0.3, -0.25) is 9.78 Å². The summed E-state index contributed by atoms with van der Waals surface area (Å²) in [5.41, 5.74) is 0.727. The number of carbonyl (C=O) groups is 2. The van der Waals surface area contributed by atoms with E-state index in [-0.39, 0.29) is 39.2 Å².